The number of nitrogens with one attached hydrogen (secondary N) is 2. The number of H-pyrrole nitrogens is 1. The quantitative estimate of drug-likeness (QED) is 0.692. The Labute approximate surface area is 91.7 Å². The summed E-state index contributed by atoms with van der Waals surface area (Å²) in [7, 11) is 0. The second-order valence-electron chi connectivity index (χ2n) is 4.05. The summed E-state index contributed by atoms with van der Waals surface area (Å²) < 4.78 is 13.1. The Morgan fingerprint density at radius 1 is 1.31 bits per heavy atom. The zero-order chi connectivity index (χ0) is 11.1. The fourth-order valence-corrected chi connectivity index (χ4v) is 2.27. The van der Waals surface area contributed by atoms with E-state index in [0.717, 1.165) is 28.6 Å². The van der Waals surface area contributed by atoms with Gasteiger partial charge in [0.25, 0.3) is 0 Å². The van der Waals surface area contributed by atoms with E-state index in [-0.39, 0.29) is 11.7 Å². The standard InChI is InChI=1S/C12H11FN2O/c13-7-1-2-8-9-3-4-14-12(16)6-11(9)15-10(8)5-7/h1-2,5,15H,3-4,6H2,(H,14,16). The fourth-order valence-electron chi connectivity index (χ4n) is 2.27. The number of carbonyl (C=O) groups is 1. The molecule has 0 radical (unpaired) electrons. The second kappa shape index (κ2) is 3.33. The maximum absolute atomic E-state index is 13.1. The van der Waals surface area contributed by atoms with Crippen molar-refractivity contribution in [3.05, 3.63) is 35.3 Å². The first-order valence-corrected chi connectivity index (χ1v) is 5.30. The molecule has 0 unspecified atom stereocenters. The molecule has 1 aromatic heterocycles. The van der Waals surface area contributed by atoms with Gasteiger partial charge in [0.05, 0.1) is 6.42 Å². The summed E-state index contributed by atoms with van der Waals surface area (Å²) in [5, 5.41) is 3.84. The number of carbonyl (C=O) groups excluding carboxylic acids is 1. The monoisotopic (exact) mass is 218 g/mol. The SMILES string of the molecule is O=C1Cc2[nH]c3cc(F)ccc3c2CCN1. The van der Waals surface area contributed by atoms with Gasteiger partial charge in [-0.15, -0.1) is 0 Å². The maximum Gasteiger partial charge on any atom is 0.225 e. The van der Waals surface area contributed by atoms with Crippen LogP contribution in [0.5, 0.6) is 0 Å². The highest BCUT2D eigenvalue weighted by Gasteiger charge is 2.17. The van der Waals surface area contributed by atoms with Crippen LogP contribution in [0.3, 0.4) is 0 Å². The van der Waals surface area contributed by atoms with Crippen LogP contribution in [0.15, 0.2) is 18.2 Å². The molecule has 0 bridgehead atoms. The van der Waals surface area contributed by atoms with E-state index in [1.165, 1.54) is 12.1 Å². The molecule has 1 aliphatic heterocycles. The first kappa shape index (κ1) is 9.39. The summed E-state index contributed by atoms with van der Waals surface area (Å²) in [6.45, 7) is 0.649. The number of hydrogen-bond donors (Lipinski definition) is 2. The second-order valence-corrected chi connectivity index (χ2v) is 4.05. The third-order valence-electron chi connectivity index (χ3n) is 2.99. The van der Waals surface area contributed by atoms with Crippen molar-refractivity contribution >= 4 is 16.8 Å². The van der Waals surface area contributed by atoms with E-state index in [1.807, 2.05) is 0 Å². The molecule has 1 aromatic carbocycles. The molecular weight excluding hydrogens is 207 g/mol. The number of aromatic nitrogens is 1. The molecule has 0 saturated carbocycles. The minimum absolute atomic E-state index is 0.0192. The van der Waals surface area contributed by atoms with E-state index < -0.39 is 0 Å². The zero-order valence-corrected chi connectivity index (χ0v) is 8.64. The Kier molecular flexibility index (Phi) is 1.96. The van der Waals surface area contributed by atoms with Crippen molar-refractivity contribution in [2.24, 2.45) is 0 Å². The molecule has 0 atom stereocenters. The van der Waals surface area contributed by atoms with Crippen LogP contribution in [-0.2, 0) is 17.6 Å². The van der Waals surface area contributed by atoms with Crippen LogP contribution in [0.25, 0.3) is 10.9 Å². The van der Waals surface area contributed by atoms with E-state index >= 15 is 0 Å². The third kappa shape index (κ3) is 1.38. The molecule has 2 heterocycles. The number of benzene rings is 1. The molecule has 82 valence electrons. The molecule has 1 amide bonds. The normalized spacial score (nSPS) is 15.7. The minimum atomic E-state index is -0.256. The lowest BCUT2D eigenvalue weighted by molar-refractivity contribution is -0.120. The van der Waals surface area contributed by atoms with E-state index in [2.05, 4.69) is 10.3 Å². The highest BCUT2D eigenvalue weighted by Crippen LogP contribution is 2.25. The smallest absolute Gasteiger partial charge is 0.225 e. The highest BCUT2D eigenvalue weighted by atomic mass is 19.1. The molecule has 2 N–H and O–H groups in total. The lowest BCUT2D eigenvalue weighted by Gasteiger charge is -1.98. The van der Waals surface area contributed by atoms with Crippen molar-refractivity contribution in [1.29, 1.82) is 0 Å². The van der Waals surface area contributed by atoms with Gasteiger partial charge in [-0.1, -0.05) is 0 Å². The van der Waals surface area contributed by atoms with Gasteiger partial charge in [-0.25, -0.2) is 4.39 Å². The lowest BCUT2D eigenvalue weighted by Crippen LogP contribution is -2.24. The maximum atomic E-state index is 13.1. The molecule has 0 aliphatic carbocycles. The summed E-state index contributed by atoms with van der Waals surface area (Å²) >= 11 is 0. The van der Waals surface area contributed by atoms with Gasteiger partial charge in [0.2, 0.25) is 5.91 Å². The Bertz CT molecular complexity index is 574. The molecule has 2 aromatic rings. The molecule has 1 aliphatic rings. The molecule has 3 nitrogen and oxygen atoms in total. The molecule has 3 rings (SSSR count). The van der Waals surface area contributed by atoms with E-state index in [9.17, 15) is 9.18 Å². The predicted molar refractivity (Wildman–Crippen MR) is 58.7 cm³/mol. The topological polar surface area (TPSA) is 44.9 Å². The van der Waals surface area contributed by atoms with Crippen LogP contribution >= 0.6 is 0 Å². The Balaban J connectivity index is 2.22. The van der Waals surface area contributed by atoms with Gasteiger partial charge in [-0.3, -0.25) is 4.79 Å². The summed E-state index contributed by atoms with van der Waals surface area (Å²) in [5.74, 6) is -0.237. The Morgan fingerprint density at radius 2 is 2.19 bits per heavy atom. The van der Waals surface area contributed by atoms with Gasteiger partial charge in [0.15, 0.2) is 0 Å². The van der Waals surface area contributed by atoms with E-state index in [1.54, 1.807) is 6.07 Å². The van der Waals surface area contributed by atoms with E-state index in [4.69, 9.17) is 0 Å². The van der Waals surface area contributed by atoms with Crippen molar-refractivity contribution in [1.82, 2.24) is 10.3 Å². The van der Waals surface area contributed by atoms with Gasteiger partial charge in [0.1, 0.15) is 5.82 Å². The van der Waals surface area contributed by atoms with Gasteiger partial charge >= 0.3 is 0 Å². The number of rotatable bonds is 0. The van der Waals surface area contributed by atoms with Crippen molar-refractivity contribution in [3.63, 3.8) is 0 Å². The largest absolute Gasteiger partial charge is 0.358 e. The first-order chi connectivity index (χ1) is 7.74. The summed E-state index contributed by atoms with van der Waals surface area (Å²) in [4.78, 5) is 14.5. The highest BCUT2D eigenvalue weighted by molar-refractivity contribution is 5.88. The molecule has 16 heavy (non-hydrogen) atoms. The number of hydrogen-bond acceptors (Lipinski definition) is 1. The van der Waals surface area contributed by atoms with Crippen LogP contribution < -0.4 is 5.32 Å². The molecule has 0 saturated heterocycles. The average Bonchev–Trinajstić information content (AvgIpc) is 2.44. The van der Waals surface area contributed by atoms with Gasteiger partial charge < -0.3 is 10.3 Å². The van der Waals surface area contributed by atoms with Crippen LogP contribution in [0.1, 0.15) is 11.3 Å². The van der Waals surface area contributed by atoms with Crippen LogP contribution in [0.2, 0.25) is 0 Å². The zero-order valence-electron chi connectivity index (χ0n) is 8.64. The predicted octanol–water partition coefficient (Wildman–Crippen LogP) is 1.52. The Hall–Kier alpha value is -1.84. The van der Waals surface area contributed by atoms with Gasteiger partial charge in [-0.05, 0) is 30.2 Å². The number of aromatic amines is 1. The third-order valence-corrected chi connectivity index (χ3v) is 2.99. The fraction of sp³-hybridized carbons (Fsp3) is 0.250. The van der Waals surface area contributed by atoms with Crippen LogP contribution in [0, 0.1) is 5.82 Å². The van der Waals surface area contributed by atoms with Crippen molar-refractivity contribution < 1.29 is 9.18 Å². The minimum Gasteiger partial charge on any atom is -0.358 e. The van der Waals surface area contributed by atoms with Crippen LogP contribution in [0.4, 0.5) is 4.39 Å². The first-order valence-electron chi connectivity index (χ1n) is 5.30. The summed E-state index contributed by atoms with van der Waals surface area (Å²) in [6.07, 6.45) is 1.15. The number of halogens is 1. The molecular formula is C12H11FN2O. The van der Waals surface area contributed by atoms with Gasteiger partial charge in [0, 0.05) is 23.1 Å². The average molecular weight is 218 g/mol. The van der Waals surface area contributed by atoms with Crippen molar-refractivity contribution in [3.8, 4) is 0 Å². The molecule has 0 fully saturated rings. The van der Waals surface area contributed by atoms with E-state index in [0.29, 0.717) is 13.0 Å². The Morgan fingerprint density at radius 3 is 3.06 bits per heavy atom. The number of fused-ring (bicyclic) bond motifs is 3. The van der Waals surface area contributed by atoms with Crippen LogP contribution in [-0.4, -0.2) is 17.4 Å². The van der Waals surface area contributed by atoms with Crippen molar-refractivity contribution in [2.45, 2.75) is 12.8 Å². The lowest BCUT2D eigenvalue weighted by atomic mass is 10.1. The summed E-state index contributed by atoms with van der Waals surface area (Å²) in [6, 6.07) is 4.70. The molecule has 0 spiro atoms. The summed E-state index contributed by atoms with van der Waals surface area (Å²) in [5.41, 5.74) is 2.82. The number of amides is 1. The van der Waals surface area contributed by atoms with Crippen molar-refractivity contribution in [2.75, 3.05) is 6.54 Å². The van der Waals surface area contributed by atoms with Gasteiger partial charge in [-0.2, -0.15) is 0 Å². The molecule has 4 heteroatoms.